The molecule has 1 aromatic rings. The maximum absolute atomic E-state index is 11.2. The highest BCUT2D eigenvalue weighted by molar-refractivity contribution is 7.15. The van der Waals surface area contributed by atoms with Crippen LogP contribution in [0.1, 0.15) is 11.3 Å². The van der Waals surface area contributed by atoms with Crippen LogP contribution in [0.25, 0.3) is 0 Å². The molecule has 1 saturated heterocycles. The van der Waals surface area contributed by atoms with Crippen molar-refractivity contribution in [2.24, 2.45) is 0 Å². The third kappa shape index (κ3) is 3.91. The van der Waals surface area contributed by atoms with E-state index in [1.54, 1.807) is 6.20 Å². The van der Waals surface area contributed by atoms with Crippen LogP contribution in [0.5, 0.6) is 0 Å². The Kier molecular flexibility index (Phi) is 4.94. The molecule has 2 rings (SSSR count). The zero-order valence-electron chi connectivity index (χ0n) is 10.1. The number of thiazole rings is 1. The molecule has 100 valence electrons. The Balaban J connectivity index is 1.84. The van der Waals surface area contributed by atoms with Crippen LogP contribution in [0, 0.1) is 0 Å². The second kappa shape index (κ2) is 6.47. The first-order chi connectivity index (χ1) is 8.67. The summed E-state index contributed by atoms with van der Waals surface area (Å²) in [5.74, 6) is -0.234. The Hall–Kier alpha value is -0.690. The van der Waals surface area contributed by atoms with Crippen LogP contribution in [0.4, 0.5) is 0 Å². The Morgan fingerprint density at radius 2 is 2.61 bits per heavy atom. The lowest BCUT2D eigenvalue weighted by atomic mass is 10.2. The van der Waals surface area contributed by atoms with E-state index in [9.17, 15) is 4.79 Å². The van der Waals surface area contributed by atoms with Gasteiger partial charge in [0.2, 0.25) is 0 Å². The third-order valence-electron chi connectivity index (χ3n) is 2.75. The third-order valence-corrected chi connectivity index (χ3v) is 3.85. The number of aromatic nitrogens is 1. The fraction of sp³-hybridized carbons (Fsp3) is 0.636. The Morgan fingerprint density at radius 1 is 1.78 bits per heavy atom. The summed E-state index contributed by atoms with van der Waals surface area (Å²) in [6.45, 7) is 3.01. The lowest BCUT2D eigenvalue weighted by Crippen LogP contribution is -2.42. The maximum atomic E-state index is 11.2. The summed E-state index contributed by atoms with van der Waals surface area (Å²) < 4.78 is 10.7. The highest BCUT2D eigenvalue weighted by Gasteiger charge is 2.23. The number of carbonyl (C=O) groups excluding carboxylic acids is 1. The lowest BCUT2D eigenvalue weighted by Gasteiger charge is -2.31. The topological polar surface area (TPSA) is 51.7 Å². The smallest absolute Gasteiger partial charge is 0.308 e. The van der Waals surface area contributed by atoms with Crippen molar-refractivity contribution in [1.82, 2.24) is 9.88 Å². The molecule has 5 nitrogen and oxygen atoms in total. The van der Waals surface area contributed by atoms with Crippen LogP contribution < -0.4 is 0 Å². The molecule has 2 heterocycles. The average Bonchev–Trinajstić information content (AvgIpc) is 2.75. The first kappa shape index (κ1) is 13.7. The summed E-state index contributed by atoms with van der Waals surface area (Å²) >= 11 is 7.28. The van der Waals surface area contributed by atoms with Crippen molar-refractivity contribution in [3.63, 3.8) is 0 Å². The first-order valence-corrected chi connectivity index (χ1v) is 6.88. The lowest BCUT2D eigenvalue weighted by molar-refractivity contribution is -0.145. The average molecular weight is 291 g/mol. The van der Waals surface area contributed by atoms with Gasteiger partial charge in [0, 0.05) is 30.7 Å². The largest absolute Gasteiger partial charge is 0.469 e. The van der Waals surface area contributed by atoms with Crippen LogP contribution >= 0.6 is 22.9 Å². The van der Waals surface area contributed by atoms with E-state index in [0.717, 1.165) is 24.5 Å². The highest BCUT2D eigenvalue weighted by atomic mass is 35.5. The fourth-order valence-corrected chi connectivity index (χ4v) is 2.91. The number of hydrogen-bond acceptors (Lipinski definition) is 6. The van der Waals surface area contributed by atoms with Gasteiger partial charge in [0.05, 0.1) is 26.2 Å². The normalized spacial score (nSPS) is 20.9. The zero-order valence-corrected chi connectivity index (χ0v) is 11.7. The number of nitrogens with zero attached hydrogens (tertiary/aromatic N) is 2. The van der Waals surface area contributed by atoms with E-state index in [1.807, 2.05) is 0 Å². The summed E-state index contributed by atoms with van der Waals surface area (Å²) in [7, 11) is 1.39. The van der Waals surface area contributed by atoms with E-state index in [-0.39, 0.29) is 12.1 Å². The molecule has 1 unspecified atom stereocenters. The van der Waals surface area contributed by atoms with Crippen molar-refractivity contribution in [1.29, 1.82) is 0 Å². The number of halogens is 1. The van der Waals surface area contributed by atoms with E-state index < -0.39 is 0 Å². The number of methoxy groups -OCH3 is 1. The van der Waals surface area contributed by atoms with Crippen LogP contribution in [-0.2, 0) is 20.8 Å². The summed E-state index contributed by atoms with van der Waals surface area (Å²) in [4.78, 5) is 18.6. The van der Waals surface area contributed by atoms with Crippen LogP contribution in [0.2, 0.25) is 4.47 Å². The molecule has 0 saturated carbocycles. The van der Waals surface area contributed by atoms with Gasteiger partial charge in [-0.1, -0.05) is 11.6 Å². The van der Waals surface area contributed by atoms with Crippen molar-refractivity contribution >= 4 is 28.9 Å². The molecule has 1 aromatic heterocycles. The molecule has 1 aliphatic heterocycles. The van der Waals surface area contributed by atoms with Gasteiger partial charge in [0.1, 0.15) is 0 Å². The van der Waals surface area contributed by atoms with Crippen molar-refractivity contribution in [2.45, 2.75) is 19.1 Å². The predicted molar refractivity (Wildman–Crippen MR) is 68.8 cm³/mol. The zero-order chi connectivity index (χ0) is 13.0. The number of hydrogen-bond donors (Lipinski definition) is 0. The SMILES string of the molecule is COC(=O)CC1CN(Cc2cnc(Cl)s2)CCO1. The quantitative estimate of drug-likeness (QED) is 0.788. The van der Waals surface area contributed by atoms with E-state index >= 15 is 0 Å². The van der Waals surface area contributed by atoms with Gasteiger partial charge >= 0.3 is 5.97 Å². The highest BCUT2D eigenvalue weighted by Crippen LogP contribution is 2.20. The van der Waals surface area contributed by atoms with Crippen LogP contribution in [-0.4, -0.2) is 48.8 Å². The monoisotopic (exact) mass is 290 g/mol. The summed E-state index contributed by atoms with van der Waals surface area (Å²) in [5.41, 5.74) is 0. The summed E-state index contributed by atoms with van der Waals surface area (Å²) in [6.07, 6.45) is 2.00. The number of rotatable bonds is 4. The minimum absolute atomic E-state index is 0.0883. The van der Waals surface area contributed by atoms with Gasteiger partial charge in [0.25, 0.3) is 0 Å². The summed E-state index contributed by atoms with van der Waals surface area (Å²) in [6, 6.07) is 0. The van der Waals surface area contributed by atoms with Gasteiger partial charge in [-0.25, -0.2) is 4.98 Å². The molecular weight excluding hydrogens is 276 g/mol. The molecule has 0 N–H and O–H groups in total. The summed E-state index contributed by atoms with van der Waals surface area (Å²) in [5, 5.41) is 0. The van der Waals surface area contributed by atoms with Gasteiger partial charge in [-0.3, -0.25) is 9.69 Å². The van der Waals surface area contributed by atoms with Crippen molar-refractivity contribution in [3.8, 4) is 0 Å². The molecule has 0 radical (unpaired) electrons. The van der Waals surface area contributed by atoms with E-state index in [4.69, 9.17) is 16.3 Å². The van der Waals surface area contributed by atoms with Gasteiger partial charge in [0.15, 0.2) is 4.47 Å². The Labute approximate surface area is 115 Å². The van der Waals surface area contributed by atoms with Gasteiger partial charge in [-0.2, -0.15) is 0 Å². The van der Waals surface area contributed by atoms with Crippen LogP contribution in [0.3, 0.4) is 0 Å². The molecule has 1 aliphatic rings. The molecule has 0 amide bonds. The van der Waals surface area contributed by atoms with Crippen LogP contribution in [0.15, 0.2) is 6.20 Å². The Bertz CT molecular complexity index is 413. The molecule has 0 aliphatic carbocycles. The second-order valence-electron chi connectivity index (χ2n) is 4.09. The number of esters is 1. The molecule has 0 spiro atoms. The predicted octanol–water partition coefficient (Wildman–Crippen LogP) is 1.56. The molecular formula is C11H15ClN2O3S. The molecule has 7 heteroatoms. The molecule has 1 atom stereocenters. The standard InChI is InChI=1S/C11H15ClN2O3S/c1-16-10(15)4-8-6-14(2-3-17-8)7-9-5-13-11(12)18-9/h5,8H,2-4,6-7H2,1H3. The minimum atomic E-state index is -0.234. The molecule has 18 heavy (non-hydrogen) atoms. The molecule has 0 bridgehead atoms. The van der Waals surface area contributed by atoms with E-state index in [0.29, 0.717) is 17.5 Å². The minimum Gasteiger partial charge on any atom is -0.469 e. The fourth-order valence-electron chi connectivity index (χ4n) is 1.89. The van der Waals surface area contributed by atoms with E-state index in [2.05, 4.69) is 14.6 Å². The number of ether oxygens (including phenoxy) is 2. The number of carbonyl (C=O) groups is 1. The van der Waals surface area contributed by atoms with Gasteiger partial charge in [-0.05, 0) is 0 Å². The Morgan fingerprint density at radius 3 is 3.28 bits per heavy atom. The van der Waals surface area contributed by atoms with Gasteiger partial charge in [-0.15, -0.1) is 11.3 Å². The molecule has 1 fully saturated rings. The second-order valence-corrected chi connectivity index (χ2v) is 5.79. The maximum Gasteiger partial charge on any atom is 0.308 e. The first-order valence-electron chi connectivity index (χ1n) is 5.68. The van der Waals surface area contributed by atoms with Crippen molar-refractivity contribution < 1.29 is 14.3 Å². The molecule has 0 aromatic carbocycles. The van der Waals surface area contributed by atoms with Crippen molar-refractivity contribution in [2.75, 3.05) is 26.8 Å². The van der Waals surface area contributed by atoms with E-state index in [1.165, 1.54) is 18.4 Å². The van der Waals surface area contributed by atoms with Crippen molar-refractivity contribution in [3.05, 3.63) is 15.5 Å². The van der Waals surface area contributed by atoms with Gasteiger partial charge < -0.3 is 9.47 Å². The number of morpholine rings is 1.